The van der Waals surface area contributed by atoms with E-state index in [4.69, 9.17) is 0 Å². The van der Waals surface area contributed by atoms with E-state index in [0.29, 0.717) is 18.3 Å². The summed E-state index contributed by atoms with van der Waals surface area (Å²) in [4.78, 5) is 15.8. The molecule has 1 unspecified atom stereocenters. The predicted octanol–water partition coefficient (Wildman–Crippen LogP) is 5.22. The second kappa shape index (κ2) is 6.20. The summed E-state index contributed by atoms with van der Waals surface area (Å²) in [6.07, 6.45) is 6.61. The van der Waals surface area contributed by atoms with E-state index in [0.717, 1.165) is 12.8 Å². The van der Waals surface area contributed by atoms with Crippen molar-refractivity contribution in [3.05, 3.63) is 77.6 Å². The molecule has 1 aromatic heterocycles. The van der Waals surface area contributed by atoms with Gasteiger partial charge in [0.1, 0.15) is 5.78 Å². The lowest BCUT2D eigenvalue weighted by molar-refractivity contribution is -0.117. The topological polar surface area (TPSA) is 30.0 Å². The molecule has 1 aliphatic carbocycles. The van der Waals surface area contributed by atoms with Crippen molar-refractivity contribution in [1.82, 2.24) is 4.98 Å². The summed E-state index contributed by atoms with van der Waals surface area (Å²) in [5, 5.41) is 2.42. The third kappa shape index (κ3) is 2.73. The summed E-state index contributed by atoms with van der Waals surface area (Å²) >= 11 is 0. The van der Waals surface area contributed by atoms with Crippen molar-refractivity contribution in [2.45, 2.75) is 38.0 Å². The summed E-state index contributed by atoms with van der Waals surface area (Å²) in [5.41, 5.74) is 4.12. The zero-order valence-electron chi connectivity index (χ0n) is 13.9. The molecule has 2 aromatic carbocycles. The van der Waals surface area contributed by atoms with Crippen LogP contribution in [0.1, 0.15) is 54.7 Å². The van der Waals surface area contributed by atoms with Crippen LogP contribution in [0.4, 0.5) is 0 Å². The molecule has 0 saturated carbocycles. The van der Waals surface area contributed by atoms with Crippen LogP contribution < -0.4 is 0 Å². The fourth-order valence-corrected chi connectivity index (χ4v) is 4.10. The molecular formula is C22H21NO. The molecule has 0 aliphatic heterocycles. The highest BCUT2D eigenvalue weighted by molar-refractivity contribution is 5.82. The van der Waals surface area contributed by atoms with Crippen molar-refractivity contribution in [3.8, 4) is 0 Å². The molecule has 0 saturated heterocycles. The SMILES string of the molecule is CC(=O)C[C@@H]1CCC(c2ccc3cnccc3c2)c2ccccc21. The van der Waals surface area contributed by atoms with Gasteiger partial charge in [-0.2, -0.15) is 0 Å². The second-order valence-electron chi connectivity index (χ2n) is 6.84. The molecule has 2 heteroatoms. The largest absolute Gasteiger partial charge is 0.300 e. The lowest BCUT2D eigenvalue weighted by Gasteiger charge is -2.31. The van der Waals surface area contributed by atoms with Crippen LogP contribution in [-0.4, -0.2) is 10.8 Å². The zero-order chi connectivity index (χ0) is 16.5. The maximum Gasteiger partial charge on any atom is 0.130 e. The second-order valence-corrected chi connectivity index (χ2v) is 6.84. The van der Waals surface area contributed by atoms with Crippen molar-refractivity contribution in [2.24, 2.45) is 0 Å². The average molecular weight is 315 g/mol. The van der Waals surface area contributed by atoms with Gasteiger partial charge >= 0.3 is 0 Å². The quantitative estimate of drug-likeness (QED) is 0.663. The molecule has 0 N–H and O–H groups in total. The van der Waals surface area contributed by atoms with Crippen LogP contribution in [0.15, 0.2) is 60.9 Å². The Kier molecular flexibility index (Phi) is 3.89. The Balaban J connectivity index is 1.76. The molecule has 24 heavy (non-hydrogen) atoms. The molecule has 2 atom stereocenters. The van der Waals surface area contributed by atoms with E-state index in [1.807, 2.05) is 12.4 Å². The van der Waals surface area contributed by atoms with E-state index in [1.54, 1.807) is 6.92 Å². The Bertz CT molecular complexity index is 899. The first-order chi connectivity index (χ1) is 11.7. The lowest BCUT2D eigenvalue weighted by Crippen LogP contribution is -2.17. The molecule has 1 aliphatic rings. The van der Waals surface area contributed by atoms with Gasteiger partial charge in [-0.25, -0.2) is 0 Å². The monoisotopic (exact) mass is 315 g/mol. The standard InChI is InChI=1S/C22H21NO/c1-15(24)12-17-8-9-21(22-5-3-2-4-20(17)22)18-6-7-19-14-23-11-10-16(19)13-18/h2-7,10-11,13-14,17,21H,8-9,12H2,1H3/t17-,21?/m0/s1. The molecule has 0 fully saturated rings. The van der Waals surface area contributed by atoms with Crippen LogP contribution in [0.2, 0.25) is 0 Å². The number of aromatic nitrogens is 1. The van der Waals surface area contributed by atoms with Crippen molar-refractivity contribution in [1.29, 1.82) is 0 Å². The van der Waals surface area contributed by atoms with Gasteiger partial charge < -0.3 is 4.79 Å². The van der Waals surface area contributed by atoms with Crippen LogP contribution in [0.5, 0.6) is 0 Å². The number of Topliss-reactive ketones (excluding diaryl/α,β-unsaturated/α-hetero) is 1. The van der Waals surface area contributed by atoms with Gasteiger partial charge in [0.2, 0.25) is 0 Å². The van der Waals surface area contributed by atoms with E-state index < -0.39 is 0 Å². The van der Waals surface area contributed by atoms with Gasteiger partial charge in [-0.15, -0.1) is 0 Å². The van der Waals surface area contributed by atoms with Gasteiger partial charge in [0.05, 0.1) is 0 Å². The number of ketones is 1. The lowest BCUT2D eigenvalue weighted by atomic mass is 9.72. The van der Waals surface area contributed by atoms with E-state index in [-0.39, 0.29) is 5.78 Å². The first-order valence-electron chi connectivity index (χ1n) is 8.64. The molecular weight excluding hydrogens is 294 g/mol. The van der Waals surface area contributed by atoms with Crippen molar-refractivity contribution < 1.29 is 4.79 Å². The molecule has 0 amide bonds. The number of nitrogens with zero attached hydrogens (tertiary/aromatic N) is 1. The minimum atomic E-state index is 0.284. The molecule has 3 aromatic rings. The first-order valence-corrected chi connectivity index (χ1v) is 8.64. The van der Waals surface area contributed by atoms with Gasteiger partial charge in [-0.1, -0.05) is 42.5 Å². The summed E-state index contributed by atoms with van der Waals surface area (Å²) in [6.45, 7) is 1.70. The highest BCUT2D eigenvalue weighted by atomic mass is 16.1. The molecule has 0 bridgehead atoms. The van der Waals surface area contributed by atoms with E-state index in [9.17, 15) is 4.79 Å². The first kappa shape index (κ1) is 15.1. The summed E-state index contributed by atoms with van der Waals surface area (Å²) in [5.74, 6) is 1.08. The van der Waals surface area contributed by atoms with E-state index in [1.165, 1.54) is 27.5 Å². The minimum Gasteiger partial charge on any atom is -0.300 e. The van der Waals surface area contributed by atoms with Gasteiger partial charge in [0.25, 0.3) is 0 Å². The number of pyridine rings is 1. The maximum atomic E-state index is 11.6. The normalized spacial score (nSPS) is 19.9. The maximum absolute atomic E-state index is 11.6. The Hall–Kier alpha value is -2.48. The molecule has 120 valence electrons. The predicted molar refractivity (Wildman–Crippen MR) is 97.3 cm³/mol. The smallest absolute Gasteiger partial charge is 0.130 e. The number of rotatable bonds is 3. The number of carbonyl (C=O) groups excluding carboxylic acids is 1. The zero-order valence-corrected chi connectivity index (χ0v) is 13.9. The Labute approximate surface area is 142 Å². The number of fused-ring (bicyclic) bond motifs is 2. The third-order valence-corrected chi connectivity index (χ3v) is 5.22. The summed E-state index contributed by atoms with van der Waals surface area (Å²) in [7, 11) is 0. The highest BCUT2D eigenvalue weighted by Crippen LogP contribution is 2.43. The Morgan fingerprint density at radius 3 is 2.71 bits per heavy atom. The molecule has 1 heterocycles. The number of hydrogen-bond acceptors (Lipinski definition) is 2. The van der Waals surface area contributed by atoms with Crippen LogP contribution >= 0.6 is 0 Å². The van der Waals surface area contributed by atoms with Crippen LogP contribution in [0, 0.1) is 0 Å². The average Bonchev–Trinajstić information content (AvgIpc) is 2.61. The van der Waals surface area contributed by atoms with E-state index >= 15 is 0 Å². The summed E-state index contributed by atoms with van der Waals surface area (Å²) in [6, 6.07) is 17.4. The van der Waals surface area contributed by atoms with Crippen LogP contribution in [-0.2, 0) is 4.79 Å². The fraction of sp³-hybridized carbons (Fsp3) is 0.273. The van der Waals surface area contributed by atoms with Crippen molar-refractivity contribution in [3.63, 3.8) is 0 Å². The van der Waals surface area contributed by atoms with Crippen LogP contribution in [0.3, 0.4) is 0 Å². The van der Waals surface area contributed by atoms with Gasteiger partial charge in [0, 0.05) is 30.1 Å². The molecule has 4 rings (SSSR count). The van der Waals surface area contributed by atoms with Gasteiger partial charge in [0.15, 0.2) is 0 Å². The number of benzene rings is 2. The van der Waals surface area contributed by atoms with E-state index in [2.05, 4.69) is 53.5 Å². The van der Waals surface area contributed by atoms with Gasteiger partial charge in [-0.05, 0) is 53.8 Å². The molecule has 2 nitrogen and oxygen atoms in total. The molecule has 0 radical (unpaired) electrons. The Morgan fingerprint density at radius 1 is 1.04 bits per heavy atom. The van der Waals surface area contributed by atoms with Crippen molar-refractivity contribution >= 4 is 16.6 Å². The summed E-state index contributed by atoms with van der Waals surface area (Å²) < 4.78 is 0. The highest BCUT2D eigenvalue weighted by Gasteiger charge is 2.28. The Morgan fingerprint density at radius 2 is 1.88 bits per heavy atom. The van der Waals surface area contributed by atoms with Crippen LogP contribution in [0.25, 0.3) is 10.8 Å². The molecule has 0 spiro atoms. The third-order valence-electron chi connectivity index (χ3n) is 5.22. The minimum absolute atomic E-state index is 0.284. The van der Waals surface area contributed by atoms with Crippen molar-refractivity contribution in [2.75, 3.05) is 0 Å². The fourth-order valence-electron chi connectivity index (χ4n) is 4.10. The number of carbonyl (C=O) groups is 1. The number of hydrogen-bond donors (Lipinski definition) is 0. The van der Waals surface area contributed by atoms with Gasteiger partial charge in [-0.3, -0.25) is 4.98 Å².